The normalized spacial score (nSPS) is 10.6. The molecule has 18 heavy (non-hydrogen) atoms. The molecule has 0 radical (unpaired) electrons. The quantitative estimate of drug-likeness (QED) is 0.782. The predicted octanol–water partition coefficient (Wildman–Crippen LogP) is 3.78. The Morgan fingerprint density at radius 2 is 1.94 bits per heavy atom. The van der Waals surface area contributed by atoms with Gasteiger partial charge in [-0.25, -0.2) is 13.8 Å². The van der Waals surface area contributed by atoms with Gasteiger partial charge in [0.15, 0.2) is 0 Å². The first-order chi connectivity index (χ1) is 8.67. The second kappa shape index (κ2) is 6.11. The Bertz CT molecular complexity index is 512. The van der Waals surface area contributed by atoms with Crippen molar-refractivity contribution in [2.24, 2.45) is 0 Å². The Morgan fingerprint density at radius 3 is 2.56 bits per heavy atom. The maximum Gasteiger partial charge on any atom is 0.129 e. The lowest BCUT2D eigenvalue weighted by molar-refractivity contribution is 0.318. The number of hydrogen-bond donors (Lipinski definition) is 0. The highest BCUT2D eigenvalue weighted by Gasteiger charge is 2.04. The zero-order valence-electron chi connectivity index (χ0n) is 9.33. The van der Waals surface area contributed by atoms with E-state index in [-0.39, 0.29) is 5.75 Å². The van der Waals surface area contributed by atoms with Crippen molar-refractivity contribution in [1.29, 1.82) is 0 Å². The topological polar surface area (TPSA) is 22.1 Å². The minimum atomic E-state index is -0.649. The molecule has 0 saturated carbocycles. The van der Waals surface area contributed by atoms with Crippen molar-refractivity contribution in [2.45, 2.75) is 12.3 Å². The van der Waals surface area contributed by atoms with Crippen LogP contribution in [0.5, 0.6) is 5.75 Å². The first kappa shape index (κ1) is 13.2. The molecule has 0 N–H and O–H groups in total. The van der Waals surface area contributed by atoms with E-state index in [1.807, 2.05) is 5.38 Å². The van der Waals surface area contributed by atoms with Gasteiger partial charge in [-0.2, -0.15) is 0 Å². The van der Waals surface area contributed by atoms with Gasteiger partial charge in [-0.3, -0.25) is 0 Å². The number of thiazole rings is 1. The molecule has 0 bridgehead atoms. The molecule has 2 nitrogen and oxygen atoms in total. The van der Waals surface area contributed by atoms with Crippen molar-refractivity contribution in [2.75, 3.05) is 6.61 Å². The van der Waals surface area contributed by atoms with E-state index in [1.165, 1.54) is 11.3 Å². The van der Waals surface area contributed by atoms with Crippen LogP contribution < -0.4 is 4.74 Å². The molecular weight excluding hydrogens is 280 g/mol. The molecule has 6 heteroatoms. The lowest BCUT2D eigenvalue weighted by Crippen LogP contribution is -2.01. The highest BCUT2D eigenvalue weighted by Crippen LogP contribution is 2.16. The third kappa shape index (κ3) is 3.65. The van der Waals surface area contributed by atoms with Crippen LogP contribution in [0, 0.1) is 11.6 Å². The zero-order valence-corrected chi connectivity index (χ0v) is 10.9. The Hall–Kier alpha value is -1.20. The van der Waals surface area contributed by atoms with Crippen LogP contribution in [-0.4, -0.2) is 11.6 Å². The maximum atomic E-state index is 12.9. The molecule has 2 aromatic rings. The first-order valence-corrected chi connectivity index (χ1v) is 6.67. The summed E-state index contributed by atoms with van der Waals surface area (Å²) in [5.41, 5.74) is 0.827. The lowest BCUT2D eigenvalue weighted by atomic mass is 10.3. The van der Waals surface area contributed by atoms with Crippen molar-refractivity contribution >= 4 is 22.9 Å². The van der Waals surface area contributed by atoms with Gasteiger partial charge in [-0.15, -0.1) is 22.9 Å². The molecular formula is C12H10ClF2NOS. The molecule has 0 atom stereocenters. The second-order valence-corrected chi connectivity index (χ2v) is 4.78. The first-order valence-electron chi connectivity index (χ1n) is 5.25. The lowest BCUT2D eigenvalue weighted by Gasteiger charge is -2.05. The molecule has 1 heterocycles. The minimum Gasteiger partial charge on any atom is -0.493 e. The summed E-state index contributed by atoms with van der Waals surface area (Å²) in [4.78, 5) is 4.25. The highest BCUT2D eigenvalue weighted by molar-refractivity contribution is 7.09. The van der Waals surface area contributed by atoms with Crippen LogP contribution in [0.25, 0.3) is 0 Å². The molecule has 1 aromatic heterocycles. The maximum absolute atomic E-state index is 12.9. The van der Waals surface area contributed by atoms with E-state index in [4.69, 9.17) is 16.3 Å². The molecule has 1 aromatic carbocycles. The van der Waals surface area contributed by atoms with Crippen molar-refractivity contribution in [1.82, 2.24) is 4.98 Å². The van der Waals surface area contributed by atoms with E-state index in [1.54, 1.807) is 0 Å². The number of benzene rings is 1. The largest absolute Gasteiger partial charge is 0.493 e. The average Bonchev–Trinajstić information content (AvgIpc) is 2.76. The van der Waals surface area contributed by atoms with Crippen LogP contribution in [0.3, 0.4) is 0 Å². The fraction of sp³-hybridized carbons (Fsp3) is 0.250. The number of rotatable bonds is 5. The van der Waals surface area contributed by atoms with E-state index in [0.717, 1.165) is 28.9 Å². The second-order valence-electron chi connectivity index (χ2n) is 3.57. The number of halogens is 3. The Labute approximate surface area is 112 Å². The molecule has 2 rings (SSSR count). The van der Waals surface area contributed by atoms with Crippen LogP contribution in [0.4, 0.5) is 8.78 Å². The monoisotopic (exact) mass is 289 g/mol. The Morgan fingerprint density at radius 1 is 1.22 bits per heavy atom. The molecule has 96 valence electrons. The highest BCUT2D eigenvalue weighted by atomic mass is 35.5. The summed E-state index contributed by atoms with van der Waals surface area (Å²) >= 11 is 7.13. The van der Waals surface area contributed by atoms with Gasteiger partial charge in [0.2, 0.25) is 0 Å². The van der Waals surface area contributed by atoms with E-state index < -0.39 is 11.6 Å². The molecule has 0 saturated heterocycles. The van der Waals surface area contributed by atoms with Gasteiger partial charge >= 0.3 is 0 Å². The number of ether oxygens (including phenoxy) is 1. The summed E-state index contributed by atoms with van der Waals surface area (Å²) in [5, 5.41) is 2.77. The fourth-order valence-corrected chi connectivity index (χ4v) is 2.40. The summed E-state index contributed by atoms with van der Waals surface area (Å²) in [5.74, 6) is -0.735. The Kier molecular flexibility index (Phi) is 4.49. The summed E-state index contributed by atoms with van der Waals surface area (Å²) in [7, 11) is 0. The fourth-order valence-electron chi connectivity index (χ4n) is 1.39. The van der Waals surface area contributed by atoms with Crippen LogP contribution in [0.2, 0.25) is 0 Å². The van der Waals surface area contributed by atoms with Gasteiger partial charge in [0.25, 0.3) is 0 Å². The van der Waals surface area contributed by atoms with Gasteiger partial charge in [0.05, 0.1) is 23.2 Å². The van der Waals surface area contributed by atoms with Crippen molar-refractivity contribution in [3.63, 3.8) is 0 Å². The SMILES string of the molecule is Fc1cc(F)cc(OCCc2nc(CCl)cs2)c1. The summed E-state index contributed by atoms with van der Waals surface area (Å²) in [6, 6.07) is 3.10. The molecule has 0 aliphatic heterocycles. The summed E-state index contributed by atoms with van der Waals surface area (Å²) in [6.07, 6.45) is 0.583. The van der Waals surface area contributed by atoms with Crippen LogP contribution >= 0.6 is 22.9 Å². The molecule has 0 unspecified atom stereocenters. The standard InChI is InChI=1S/C12H10ClF2NOS/c13-6-10-7-18-12(16-10)1-2-17-11-4-8(14)3-9(15)5-11/h3-5,7H,1-2,6H2. The number of alkyl halides is 1. The van der Waals surface area contributed by atoms with Crippen LogP contribution in [0.15, 0.2) is 23.6 Å². The molecule has 0 fully saturated rings. The summed E-state index contributed by atoms with van der Waals surface area (Å²) in [6.45, 7) is 0.318. The summed E-state index contributed by atoms with van der Waals surface area (Å²) < 4.78 is 31.0. The Balaban J connectivity index is 1.88. The average molecular weight is 290 g/mol. The third-order valence-corrected chi connectivity index (χ3v) is 3.39. The molecule has 0 aliphatic carbocycles. The van der Waals surface area contributed by atoms with Gasteiger partial charge in [0.1, 0.15) is 17.4 Å². The molecule has 0 aliphatic rings. The minimum absolute atomic E-state index is 0.182. The van der Waals surface area contributed by atoms with Gasteiger partial charge in [0, 0.05) is 30.0 Å². The van der Waals surface area contributed by atoms with Crippen molar-refractivity contribution in [3.8, 4) is 5.75 Å². The van der Waals surface area contributed by atoms with Gasteiger partial charge in [-0.1, -0.05) is 0 Å². The smallest absolute Gasteiger partial charge is 0.129 e. The van der Waals surface area contributed by atoms with E-state index in [2.05, 4.69) is 4.98 Å². The number of hydrogen-bond acceptors (Lipinski definition) is 3. The number of aromatic nitrogens is 1. The molecule has 0 amide bonds. The number of nitrogens with zero attached hydrogens (tertiary/aromatic N) is 1. The van der Waals surface area contributed by atoms with E-state index in [9.17, 15) is 8.78 Å². The van der Waals surface area contributed by atoms with E-state index in [0.29, 0.717) is 18.9 Å². The van der Waals surface area contributed by atoms with Crippen LogP contribution in [0.1, 0.15) is 10.7 Å². The van der Waals surface area contributed by atoms with E-state index >= 15 is 0 Å². The van der Waals surface area contributed by atoms with Crippen molar-refractivity contribution in [3.05, 3.63) is 45.9 Å². The van der Waals surface area contributed by atoms with Gasteiger partial charge < -0.3 is 4.74 Å². The predicted molar refractivity (Wildman–Crippen MR) is 67.2 cm³/mol. The molecule has 0 spiro atoms. The van der Waals surface area contributed by atoms with Gasteiger partial charge in [-0.05, 0) is 0 Å². The zero-order chi connectivity index (χ0) is 13.0. The van der Waals surface area contributed by atoms with Crippen molar-refractivity contribution < 1.29 is 13.5 Å². The van der Waals surface area contributed by atoms with Crippen LogP contribution in [-0.2, 0) is 12.3 Å². The third-order valence-electron chi connectivity index (χ3n) is 2.16.